The number of imide groups is 2. The van der Waals surface area contributed by atoms with Gasteiger partial charge in [-0.25, -0.2) is 4.79 Å². The largest absolute Gasteiger partial charge is 0.325 e. The molecule has 1 atom stereocenters. The highest BCUT2D eigenvalue weighted by atomic mass is 16.2. The summed E-state index contributed by atoms with van der Waals surface area (Å²) in [4.78, 5) is 63.9. The molecular formula is C24H24N4O5. The van der Waals surface area contributed by atoms with Gasteiger partial charge in [0, 0.05) is 18.5 Å². The van der Waals surface area contributed by atoms with Gasteiger partial charge in [-0.15, -0.1) is 0 Å². The SMILES string of the molecule is CCC1(c2ccccc2)NC(=O)N(CC(=O)Nc2ccc(CN3C(=O)CCC3=O)cc2)C1=O. The van der Waals surface area contributed by atoms with Gasteiger partial charge >= 0.3 is 6.03 Å². The Hall–Kier alpha value is -4.01. The van der Waals surface area contributed by atoms with Crippen LogP contribution in [0.25, 0.3) is 0 Å². The molecule has 2 saturated heterocycles. The number of nitrogens with one attached hydrogen (secondary N) is 2. The predicted molar refractivity (Wildman–Crippen MR) is 119 cm³/mol. The van der Waals surface area contributed by atoms with Crippen LogP contribution in [0.15, 0.2) is 54.6 Å². The lowest BCUT2D eigenvalue weighted by atomic mass is 9.87. The van der Waals surface area contributed by atoms with Crippen molar-refractivity contribution in [3.05, 3.63) is 65.7 Å². The Kier molecular flexibility index (Phi) is 5.95. The van der Waals surface area contributed by atoms with E-state index in [1.807, 2.05) is 6.07 Å². The maximum absolute atomic E-state index is 13.1. The zero-order valence-corrected chi connectivity index (χ0v) is 18.2. The Morgan fingerprint density at radius 3 is 2.18 bits per heavy atom. The van der Waals surface area contributed by atoms with Crippen molar-refractivity contribution in [3.8, 4) is 0 Å². The van der Waals surface area contributed by atoms with Gasteiger partial charge in [-0.1, -0.05) is 49.4 Å². The average Bonchev–Trinajstić information content (AvgIpc) is 3.26. The summed E-state index contributed by atoms with van der Waals surface area (Å²) in [6.07, 6.45) is 0.821. The molecular weight excluding hydrogens is 424 g/mol. The summed E-state index contributed by atoms with van der Waals surface area (Å²) in [6, 6.07) is 15.0. The Morgan fingerprint density at radius 1 is 0.939 bits per heavy atom. The van der Waals surface area contributed by atoms with E-state index in [9.17, 15) is 24.0 Å². The van der Waals surface area contributed by atoms with Crippen LogP contribution in [0.5, 0.6) is 0 Å². The second kappa shape index (κ2) is 8.85. The minimum absolute atomic E-state index is 0.187. The fourth-order valence-corrected chi connectivity index (χ4v) is 4.15. The third-order valence-corrected chi connectivity index (χ3v) is 6.01. The molecule has 6 amide bonds. The highest BCUT2D eigenvalue weighted by Crippen LogP contribution is 2.32. The maximum atomic E-state index is 13.1. The van der Waals surface area contributed by atoms with Crippen molar-refractivity contribution in [1.82, 2.24) is 15.1 Å². The number of carbonyl (C=O) groups is 5. The van der Waals surface area contributed by atoms with Crippen molar-refractivity contribution < 1.29 is 24.0 Å². The number of hydrogen-bond acceptors (Lipinski definition) is 5. The number of likely N-dealkylation sites (tertiary alicyclic amines) is 1. The van der Waals surface area contributed by atoms with Gasteiger partial charge in [-0.3, -0.25) is 29.0 Å². The lowest BCUT2D eigenvalue weighted by Gasteiger charge is -2.25. The molecule has 2 aliphatic heterocycles. The smallest absolute Gasteiger partial charge is 0.325 e. The van der Waals surface area contributed by atoms with Crippen LogP contribution in [0.2, 0.25) is 0 Å². The number of anilines is 1. The first-order chi connectivity index (χ1) is 15.8. The second-order valence-corrected chi connectivity index (χ2v) is 8.07. The number of nitrogens with zero attached hydrogens (tertiary/aromatic N) is 2. The van der Waals surface area contributed by atoms with Gasteiger partial charge < -0.3 is 10.6 Å². The first kappa shape index (κ1) is 22.2. The molecule has 0 aliphatic carbocycles. The maximum Gasteiger partial charge on any atom is 0.325 e. The summed E-state index contributed by atoms with van der Waals surface area (Å²) in [6.45, 7) is 1.57. The van der Waals surface area contributed by atoms with Crippen LogP contribution in [0.4, 0.5) is 10.5 Å². The monoisotopic (exact) mass is 448 g/mol. The molecule has 1 unspecified atom stereocenters. The third-order valence-electron chi connectivity index (χ3n) is 6.01. The molecule has 0 aromatic heterocycles. The number of urea groups is 1. The molecule has 2 N–H and O–H groups in total. The van der Waals surface area contributed by atoms with Crippen LogP contribution in [-0.2, 0) is 31.3 Å². The molecule has 9 heteroatoms. The number of amides is 6. The summed E-state index contributed by atoms with van der Waals surface area (Å²) < 4.78 is 0. The normalized spacial score (nSPS) is 20.4. The van der Waals surface area contributed by atoms with Gasteiger partial charge in [-0.2, -0.15) is 0 Å². The summed E-state index contributed by atoms with van der Waals surface area (Å²) in [5, 5.41) is 5.42. The van der Waals surface area contributed by atoms with E-state index in [1.165, 1.54) is 4.90 Å². The highest BCUT2D eigenvalue weighted by Gasteiger charge is 2.51. The first-order valence-electron chi connectivity index (χ1n) is 10.8. The van der Waals surface area contributed by atoms with E-state index in [2.05, 4.69) is 10.6 Å². The van der Waals surface area contributed by atoms with Crippen molar-refractivity contribution >= 4 is 35.3 Å². The predicted octanol–water partition coefficient (Wildman–Crippen LogP) is 2.13. The number of hydrogen-bond donors (Lipinski definition) is 2. The van der Waals surface area contributed by atoms with E-state index in [0.717, 1.165) is 10.5 Å². The van der Waals surface area contributed by atoms with Crippen LogP contribution in [-0.4, -0.2) is 46.0 Å². The van der Waals surface area contributed by atoms with Gasteiger partial charge in [-0.05, 0) is 29.7 Å². The Bertz CT molecular complexity index is 1100. The third kappa shape index (κ3) is 4.21. The molecule has 9 nitrogen and oxygen atoms in total. The first-order valence-corrected chi connectivity index (χ1v) is 10.8. The zero-order valence-electron chi connectivity index (χ0n) is 18.2. The lowest BCUT2D eigenvalue weighted by molar-refractivity contribution is -0.139. The molecule has 0 bridgehead atoms. The molecule has 2 aromatic rings. The Labute approximate surface area is 190 Å². The minimum atomic E-state index is -1.19. The van der Waals surface area contributed by atoms with Crippen molar-refractivity contribution in [2.75, 3.05) is 11.9 Å². The van der Waals surface area contributed by atoms with Crippen molar-refractivity contribution in [3.63, 3.8) is 0 Å². The molecule has 170 valence electrons. The van der Waals surface area contributed by atoms with Crippen molar-refractivity contribution in [1.29, 1.82) is 0 Å². The fraction of sp³-hybridized carbons (Fsp3) is 0.292. The van der Waals surface area contributed by atoms with Crippen LogP contribution in [0, 0.1) is 0 Å². The summed E-state index contributed by atoms with van der Waals surface area (Å²) in [5.74, 6) is -1.36. The summed E-state index contributed by atoms with van der Waals surface area (Å²) in [5.41, 5.74) is 0.699. The van der Waals surface area contributed by atoms with E-state index in [-0.39, 0.29) is 31.2 Å². The van der Waals surface area contributed by atoms with Crippen LogP contribution in [0.1, 0.15) is 37.3 Å². The van der Waals surface area contributed by atoms with E-state index in [1.54, 1.807) is 55.5 Å². The van der Waals surface area contributed by atoms with Crippen molar-refractivity contribution in [2.45, 2.75) is 38.3 Å². The van der Waals surface area contributed by atoms with Gasteiger partial charge in [0.05, 0.1) is 6.54 Å². The van der Waals surface area contributed by atoms with Crippen molar-refractivity contribution in [2.24, 2.45) is 0 Å². The van der Waals surface area contributed by atoms with Crippen LogP contribution in [0.3, 0.4) is 0 Å². The fourth-order valence-electron chi connectivity index (χ4n) is 4.15. The molecule has 0 radical (unpaired) electrons. The molecule has 2 aliphatic rings. The molecule has 0 saturated carbocycles. The lowest BCUT2D eigenvalue weighted by Crippen LogP contribution is -2.44. The topological polar surface area (TPSA) is 116 Å². The standard InChI is InChI=1S/C24H24N4O5/c1-2-24(17-6-4-3-5-7-17)22(32)28(23(33)26-24)15-19(29)25-18-10-8-16(9-11-18)14-27-20(30)12-13-21(27)31/h3-11H,2,12-15H2,1H3,(H,25,29)(H,26,33). The summed E-state index contributed by atoms with van der Waals surface area (Å²) in [7, 11) is 0. The Morgan fingerprint density at radius 2 is 1.58 bits per heavy atom. The number of rotatable bonds is 7. The number of carbonyl (C=O) groups excluding carboxylic acids is 5. The number of benzene rings is 2. The van der Waals surface area contributed by atoms with E-state index in [4.69, 9.17) is 0 Å². The van der Waals surface area contributed by atoms with Gasteiger partial charge in [0.15, 0.2) is 0 Å². The minimum Gasteiger partial charge on any atom is -0.325 e. The van der Waals surface area contributed by atoms with Crippen LogP contribution >= 0.6 is 0 Å². The van der Waals surface area contributed by atoms with Crippen LogP contribution < -0.4 is 10.6 Å². The van der Waals surface area contributed by atoms with E-state index >= 15 is 0 Å². The second-order valence-electron chi connectivity index (χ2n) is 8.07. The average molecular weight is 448 g/mol. The highest BCUT2D eigenvalue weighted by molar-refractivity contribution is 6.10. The molecule has 2 fully saturated rings. The molecule has 2 aromatic carbocycles. The molecule has 2 heterocycles. The van der Waals surface area contributed by atoms with Gasteiger partial charge in [0.2, 0.25) is 17.7 Å². The quantitative estimate of drug-likeness (QED) is 0.497. The molecule has 4 rings (SSSR count). The zero-order chi connectivity index (χ0) is 23.6. The summed E-state index contributed by atoms with van der Waals surface area (Å²) >= 11 is 0. The molecule has 33 heavy (non-hydrogen) atoms. The van der Waals surface area contributed by atoms with Gasteiger partial charge in [0.1, 0.15) is 12.1 Å². The van der Waals surface area contributed by atoms with E-state index < -0.39 is 29.9 Å². The molecule has 0 spiro atoms. The van der Waals surface area contributed by atoms with Gasteiger partial charge in [0.25, 0.3) is 5.91 Å². The van der Waals surface area contributed by atoms with E-state index in [0.29, 0.717) is 17.7 Å². The Balaban J connectivity index is 1.39.